The molecule has 0 saturated carbocycles. The average molecular weight is 439 g/mol. The number of carbonyl (C=O) groups is 1. The van der Waals surface area contributed by atoms with E-state index < -0.39 is 0 Å². The summed E-state index contributed by atoms with van der Waals surface area (Å²) >= 11 is 0. The molecule has 3 nitrogen and oxygen atoms in total. The molecular formula is C29H42O3. The number of carbonyl (C=O) groups excluding carboxylic acids is 1. The van der Waals surface area contributed by atoms with Crippen molar-refractivity contribution in [3.8, 4) is 11.5 Å². The molecule has 0 radical (unpaired) electrons. The van der Waals surface area contributed by atoms with Crippen LogP contribution in [0.3, 0.4) is 0 Å². The molecule has 0 saturated heterocycles. The number of hydrogen-bond donors (Lipinski definition) is 1. The molecule has 3 heteroatoms. The second kappa shape index (κ2) is 10.1. The fourth-order valence-electron chi connectivity index (χ4n) is 3.92. The van der Waals surface area contributed by atoms with Crippen LogP contribution in [0.1, 0.15) is 101 Å². The van der Waals surface area contributed by atoms with Crippen molar-refractivity contribution < 1.29 is 14.6 Å². The van der Waals surface area contributed by atoms with Gasteiger partial charge in [0.05, 0.1) is 6.42 Å². The van der Waals surface area contributed by atoms with E-state index in [1.807, 2.05) is 25.1 Å². The molecule has 0 spiro atoms. The zero-order chi connectivity index (χ0) is 24.3. The van der Waals surface area contributed by atoms with E-state index in [1.54, 1.807) is 0 Å². The highest BCUT2D eigenvalue weighted by atomic mass is 16.5. The van der Waals surface area contributed by atoms with Crippen molar-refractivity contribution >= 4 is 5.97 Å². The summed E-state index contributed by atoms with van der Waals surface area (Å²) < 4.78 is 5.88. The lowest BCUT2D eigenvalue weighted by Gasteiger charge is -2.24. The molecule has 176 valence electrons. The van der Waals surface area contributed by atoms with Gasteiger partial charge in [-0.1, -0.05) is 73.1 Å². The number of aromatic hydroxyl groups is 1. The summed E-state index contributed by atoms with van der Waals surface area (Å²) in [6.07, 6.45) is 4.03. The molecule has 0 heterocycles. The minimum Gasteiger partial charge on any atom is -0.507 e. The van der Waals surface area contributed by atoms with Crippen molar-refractivity contribution in [3.05, 3.63) is 57.6 Å². The Morgan fingerprint density at radius 3 is 2.09 bits per heavy atom. The van der Waals surface area contributed by atoms with E-state index >= 15 is 0 Å². The van der Waals surface area contributed by atoms with Crippen molar-refractivity contribution in [2.45, 2.75) is 105 Å². The number of ether oxygens (including phenoxy) is 1. The van der Waals surface area contributed by atoms with Crippen LogP contribution in [-0.2, 0) is 28.5 Å². The summed E-state index contributed by atoms with van der Waals surface area (Å²) in [5.41, 5.74) is 6.22. The normalized spacial score (nSPS) is 12.2. The molecule has 1 N–H and O–H groups in total. The van der Waals surface area contributed by atoms with Gasteiger partial charge in [-0.25, -0.2) is 0 Å². The maximum Gasteiger partial charge on any atom is 0.311 e. The number of esters is 1. The van der Waals surface area contributed by atoms with E-state index in [9.17, 15) is 9.90 Å². The number of phenols is 1. The van der Waals surface area contributed by atoms with Gasteiger partial charge >= 0.3 is 5.97 Å². The second-order valence-corrected chi connectivity index (χ2v) is 11.2. The molecule has 32 heavy (non-hydrogen) atoms. The highest BCUT2D eigenvalue weighted by Gasteiger charge is 2.23. The van der Waals surface area contributed by atoms with E-state index in [0.717, 1.165) is 41.5 Å². The van der Waals surface area contributed by atoms with Crippen LogP contribution in [-0.4, -0.2) is 11.1 Å². The third-order valence-electron chi connectivity index (χ3n) is 6.11. The monoisotopic (exact) mass is 438 g/mol. The van der Waals surface area contributed by atoms with Gasteiger partial charge in [0.1, 0.15) is 11.5 Å². The van der Waals surface area contributed by atoms with Gasteiger partial charge in [0.15, 0.2) is 0 Å². The van der Waals surface area contributed by atoms with Crippen molar-refractivity contribution in [2.75, 3.05) is 0 Å². The highest BCUT2D eigenvalue weighted by molar-refractivity contribution is 5.73. The van der Waals surface area contributed by atoms with Crippen molar-refractivity contribution in [2.24, 2.45) is 0 Å². The quantitative estimate of drug-likeness (QED) is 0.360. The van der Waals surface area contributed by atoms with E-state index in [-0.39, 0.29) is 29.0 Å². The van der Waals surface area contributed by atoms with Crippen LogP contribution >= 0.6 is 0 Å². The zero-order valence-corrected chi connectivity index (χ0v) is 21.6. The third kappa shape index (κ3) is 6.60. The molecule has 0 aliphatic rings. The Hall–Kier alpha value is -2.29. The third-order valence-corrected chi connectivity index (χ3v) is 6.11. The zero-order valence-electron chi connectivity index (χ0n) is 21.6. The fourth-order valence-corrected chi connectivity index (χ4v) is 3.92. The maximum absolute atomic E-state index is 12.8. The topological polar surface area (TPSA) is 46.5 Å². The first-order valence-corrected chi connectivity index (χ1v) is 11.9. The fraction of sp³-hybridized carbons (Fsp3) is 0.552. The lowest BCUT2D eigenvalue weighted by atomic mass is 9.83. The summed E-state index contributed by atoms with van der Waals surface area (Å²) in [5, 5.41) is 10.5. The molecule has 0 bridgehead atoms. The summed E-state index contributed by atoms with van der Waals surface area (Å²) in [6.45, 7) is 19.1. The number of unbranched alkanes of at least 4 members (excludes halogenated alkanes) is 1. The lowest BCUT2D eigenvalue weighted by Crippen LogP contribution is -2.18. The Bertz CT molecular complexity index is 956. The smallest absolute Gasteiger partial charge is 0.311 e. The molecule has 0 aliphatic carbocycles. The molecule has 2 rings (SSSR count). The van der Waals surface area contributed by atoms with Crippen LogP contribution in [0.4, 0.5) is 0 Å². The van der Waals surface area contributed by atoms with Crippen LogP contribution in [0.25, 0.3) is 0 Å². The molecule has 0 amide bonds. The van der Waals surface area contributed by atoms with E-state index in [4.69, 9.17) is 4.74 Å². The number of benzene rings is 2. The van der Waals surface area contributed by atoms with Crippen LogP contribution in [0.2, 0.25) is 0 Å². The first kappa shape index (κ1) is 26.0. The average Bonchev–Trinajstić information content (AvgIpc) is 2.66. The Labute approximate surface area is 195 Å². The van der Waals surface area contributed by atoms with E-state index in [2.05, 4.69) is 61.5 Å². The molecule has 0 aliphatic heterocycles. The summed E-state index contributed by atoms with van der Waals surface area (Å²) in [6, 6.07) is 8.28. The SMILES string of the molecule is CCCCc1cc(C(C)(C)C)c(OC(=O)CCc2cc(C(C)(C)C)cc(C)c2O)cc1C. The van der Waals surface area contributed by atoms with Gasteiger partial charge in [-0.15, -0.1) is 0 Å². The summed E-state index contributed by atoms with van der Waals surface area (Å²) in [7, 11) is 0. The van der Waals surface area contributed by atoms with Crippen LogP contribution in [0.15, 0.2) is 24.3 Å². The number of aryl methyl sites for hydroxylation is 4. The van der Waals surface area contributed by atoms with E-state index in [1.165, 1.54) is 11.1 Å². The summed E-state index contributed by atoms with van der Waals surface area (Å²) in [5.74, 6) is 0.663. The number of rotatable bonds is 7. The molecule has 0 aromatic heterocycles. The largest absolute Gasteiger partial charge is 0.507 e. The summed E-state index contributed by atoms with van der Waals surface area (Å²) in [4.78, 5) is 12.8. The first-order valence-electron chi connectivity index (χ1n) is 11.9. The van der Waals surface area contributed by atoms with Gasteiger partial charge < -0.3 is 9.84 Å². The van der Waals surface area contributed by atoms with Crippen molar-refractivity contribution in [1.82, 2.24) is 0 Å². The van der Waals surface area contributed by atoms with Crippen molar-refractivity contribution in [3.63, 3.8) is 0 Å². The van der Waals surface area contributed by atoms with Gasteiger partial charge in [0, 0.05) is 5.56 Å². The van der Waals surface area contributed by atoms with Gasteiger partial charge in [0.25, 0.3) is 0 Å². The molecular weight excluding hydrogens is 396 g/mol. The molecule has 2 aromatic rings. The second-order valence-electron chi connectivity index (χ2n) is 11.2. The standard InChI is InChI=1S/C29H42O3/c1-10-11-12-21-18-24(29(7,8)9)25(16-19(21)2)32-26(30)14-13-22-17-23(28(4,5)6)15-20(3)27(22)31/h15-18,31H,10-14H2,1-9H3. The Balaban J connectivity index is 2.23. The maximum atomic E-state index is 12.8. The van der Waals surface area contributed by atoms with Gasteiger partial charge in [-0.05, 0) is 77.8 Å². The molecule has 0 unspecified atom stereocenters. The number of hydrogen-bond acceptors (Lipinski definition) is 3. The molecule has 0 fully saturated rings. The lowest BCUT2D eigenvalue weighted by molar-refractivity contribution is -0.134. The molecule has 2 aromatic carbocycles. The molecule has 0 atom stereocenters. The highest BCUT2D eigenvalue weighted by Crippen LogP contribution is 2.35. The van der Waals surface area contributed by atoms with Gasteiger partial charge in [-0.2, -0.15) is 0 Å². The Morgan fingerprint density at radius 2 is 1.53 bits per heavy atom. The Morgan fingerprint density at radius 1 is 0.875 bits per heavy atom. The van der Waals surface area contributed by atoms with Crippen LogP contribution in [0, 0.1) is 13.8 Å². The van der Waals surface area contributed by atoms with Gasteiger partial charge in [-0.3, -0.25) is 4.79 Å². The van der Waals surface area contributed by atoms with Crippen LogP contribution in [0.5, 0.6) is 11.5 Å². The predicted molar refractivity (Wildman–Crippen MR) is 134 cm³/mol. The number of phenolic OH excluding ortho intramolecular Hbond substituents is 1. The van der Waals surface area contributed by atoms with Gasteiger partial charge in [0.2, 0.25) is 0 Å². The minimum absolute atomic E-state index is 0.0215. The van der Waals surface area contributed by atoms with E-state index in [0.29, 0.717) is 12.2 Å². The van der Waals surface area contributed by atoms with Crippen LogP contribution < -0.4 is 4.74 Å². The predicted octanol–water partition coefficient (Wildman–Crippen LogP) is 7.48. The minimum atomic E-state index is -0.269. The van der Waals surface area contributed by atoms with Crippen molar-refractivity contribution in [1.29, 1.82) is 0 Å². The Kier molecular flexibility index (Phi) is 8.20. The first-order chi connectivity index (χ1) is 14.7.